The van der Waals surface area contributed by atoms with Gasteiger partial charge in [0.2, 0.25) is 10.0 Å². The first-order valence-electron chi connectivity index (χ1n) is 9.26. The van der Waals surface area contributed by atoms with Gasteiger partial charge in [0, 0.05) is 28.7 Å². The zero-order valence-corrected chi connectivity index (χ0v) is 17.6. The molecule has 1 N–H and O–H groups in total. The summed E-state index contributed by atoms with van der Waals surface area (Å²) in [5.74, 6) is 0.0606. The van der Waals surface area contributed by atoms with Crippen LogP contribution >= 0.6 is 0 Å². The van der Waals surface area contributed by atoms with Crippen LogP contribution < -0.4 is 4.31 Å². The monoisotopic (exact) mass is 391 g/mol. The molecule has 0 radical (unpaired) electrons. The molecule has 0 saturated heterocycles. The van der Waals surface area contributed by atoms with E-state index in [1.54, 1.807) is 37.4 Å². The number of H-pyrrole nitrogens is 1. The van der Waals surface area contributed by atoms with Crippen LogP contribution in [0.3, 0.4) is 0 Å². The summed E-state index contributed by atoms with van der Waals surface area (Å²) in [4.78, 5) is 12.0. The van der Waals surface area contributed by atoms with Gasteiger partial charge in [0.05, 0.1) is 24.2 Å². The Morgan fingerprint density at radius 1 is 1.15 bits per heavy atom. The van der Waals surface area contributed by atoms with Gasteiger partial charge in [-0.25, -0.2) is 8.42 Å². The number of nitrogens with one attached hydrogen (secondary N) is 1. The summed E-state index contributed by atoms with van der Waals surface area (Å²) < 4.78 is 26.9. The van der Waals surface area contributed by atoms with Crippen molar-refractivity contribution in [3.63, 3.8) is 0 Å². The second-order valence-electron chi connectivity index (χ2n) is 7.65. The number of sulfonamides is 1. The zero-order chi connectivity index (χ0) is 20.2. The van der Waals surface area contributed by atoms with Crippen LogP contribution in [0.15, 0.2) is 30.5 Å². The number of aromatic nitrogens is 2. The van der Waals surface area contributed by atoms with E-state index in [1.165, 1.54) is 4.31 Å². The van der Waals surface area contributed by atoms with Crippen LogP contribution in [0, 0.1) is 0 Å². The molecule has 0 amide bonds. The molecule has 0 saturated carbocycles. The first-order chi connectivity index (χ1) is 12.6. The van der Waals surface area contributed by atoms with Crippen molar-refractivity contribution in [2.24, 2.45) is 0 Å². The molecule has 0 unspecified atom stereocenters. The Bertz CT molecular complexity index is 878. The number of nitrogens with zero attached hydrogens (tertiary/aromatic N) is 2. The second-order valence-corrected chi connectivity index (χ2v) is 9.83. The van der Waals surface area contributed by atoms with E-state index < -0.39 is 10.0 Å². The third-order valence-electron chi connectivity index (χ3n) is 4.44. The number of hydrogen-bond acceptors (Lipinski definition) is 4. The van der Waals surface area contributed by atoms with E-state index in [0.717, 1.165) is 17.7 Å². The van der Waals surface area contributed by atoms with Crippen molar-refractivity contribution in [1.29, 1.82) is 0 Å². The Morgan fingerprint density at radius 2 is 1.78 bits per heavy atom. The predicted octanol–water partition coefficient (Wildman–Crippen LogP) is 4.05. The highest BCUT2D eigenvalue weighted by Crippen LogP contribution is 2.28. The summed E-state index contributed by atoms with van der Waals surface area (Å²) in [6.45, 7) is 9.94. The van der Waals surface area contributed by atoms with Crippen molar-refractivity contribution in [2.75, 3.05) is 10.1 Å². The van der Waals surface area contributed by atoms with Crippen molar-refractivity contribution >= 4 is 21.5 Å². The predicted molar refractivity (Wildman–Crippen MR) is 109 cm³/mol. The maximum Gasteiger partial charge on any atom is 0.235 e. The van der Waals surface area contributed by atoms with Crippen molar-refractivity contribution in [1.82, 2.24) is 10.2 Å². The van der Waals surface area contributed by atoms with Gasteiger partial charge in [0.25, 0.3) is 0 Å². The number of aromatic amines is 1. The molecule has 7 heteroatoms. The molecule has 0 spiro atoms. The molecular weight excluding hydrogens is 362 g/mol. The fraction of sp³-hybridized carbons (Fsp3) is 0.500. The minimum absolute atomic E-state index is 0.00772. The van der Waals surface area contributed by atoms with Gasteiger partial charge in [-0.1, -0.05) is 27.7 Å². The van der Waals surface area contributed by atoms with E-state index in [2.05, 4.69) is 31.0 Å². The number of anilines is 1. The normalized spacial score (nSPS) is 12.2. The van der Waals surface area contributed by atoms with Gasteiger partial charge in [0.1, 0.15) is 0 Å². The molecule has 0 atom stereocenters. The largest absolute Gasteiger partial charge is 0.294 e. The first kappa shape index (κ1) is 21.2. The third-order valence-corrected chi connectivity index (χ3v) is 6.18. The van der Waals surface area contributed by atoms with Crippen molar-refractivity contribution in [2.45, 2.75) is 59.4 Å². The fourth-order valence-corrected chi connectivity index (χ4v) is 4.02. The third kappa shape index (κ3) is 4.97. The van der Waals surface area contributed by atoms with E-state index in [1.807, 2.05) is 6.92 Å². The number of ketones is 1. The second kappa shape index (κ2) is 8.25. The number of carbonyl (C=O) groups is 1. The standard InChI is InChI=1S/C20H29N3O3S/c1-6-8-18(24)15-9-11-17(12-10-15)23(27(25,26)7-2)14-16-13-21-22-19(16)20(3,4)5/h9-13H,6-8,14H2,1-5H3,(H,21,22). The summed E-state index contributed by atoms with van der Waals surface area (Å²) in [6.07, 6.45) is 2.95. The number of carbonyl (C=O) groups excluding carboxylic acids is 1. The maximum atomic E-state index is 12.7. The number of hydrogen-bond donors (Lipinski definition) is 1. The van der Waals surface area contributed by atoms with E-state index in [9.17, 15) is 13.2 Å². The van der Waals surface area contributed by atoms with Gasteiger partial charge in [-0.15, -0.1) is 0 Å². The SMILES string of the molecule is CCCC(=O)c1ccc(N(Cc2cn[nH]c2C(C)(C)C)S(=O)(=O)CC)cc1. The molecule has 1 aromatic heterocycles. The Balaban J connectivity index is 2.40. The van der Waals surface area contributed by atoms with Crippen molar-refractivity contribution < 1.29 is 13.2 Å². The molecule has 0 aliphatic rings. The van der Waals surface area contributed by atoms with Gasteiger partial charge in [-0.2, -0.15) is 5.10 Å². The van der Waals surface area contributed by atoms with Crippen LogP contribution in [0.5, 0.6) is 0 Å². The van der Waals surface area contributed by atoms with Crippen LogP contribution in [0.25, 0.3) is 0 Å². The Hall–Kier alpha value is -2.15. The van der Waals surface area contributed by atoms with Crippen LogP contribution in [-0.2, 0) is 22.0 Å². The molecule has 1 aromatic carbocycles. The lowest BCUT2D eigenvalue weighted by Gasteiger charge is -2.26. The average Bonchev–Trinajstić information content (AvgIpc) is 3.09. The lowest BCUT2D eigenvalue weighted by Crippen LogP contribution is -2.32. The summed E-state index contributed by atoms with van der Waals surface area (Å²) in [6, 6.07) is 6.80. The average molecular weight is 392 g/mol. The number of benzene rings is 1. The Labute approximate surface area is 162 Å². The van der Waals surface area contributed by atoms with Gasteiger partial charge >= 0.3 is 0 Å². The molecule has 6 nitrogen and oxygen atoms in total. The minimum Gasteiger partial charge on any atom is -0.294 e. The molecular formula is C20H29N3O3S. The molecule has 1 heterocycles. The fourth-order valence-electron chi connectivity index (χ4n) is 2.93. The molecule has 0 aliphatic heterocycles. The van der Waals surface area contributed by atoms with Crippen LogP contribution in [-0.4, -0.2) is 30.2 Å². The maximum absolute atomic E-state index is 12.7. The number of Topliss-reactive ketones (excluding diaryl/α,β-unsaturated/α-hetero) is 1. The van der Waals surface area contributed by atoms with Gasteiger partial charge in [-0.3, -0.25) is 14.2 Å². The van der Waals surface area contributed by atoms with Crippen molar-refractivity contribution in [3.05, 3.63) is 47.3 Å². The molecule has 0 bridgehead atoms. The quantitative estimate of drug-likeness (QED) is 0.688. The molecule has 0 fully saturated rings. The summed E-state index contributed by atoms with van der Waals surface area (Å²) in [5.41, 5.74) is 2.72. The van der Waals surface area contributed by atoms with E-state index in [0.29, 0.717) is 17.7 Å². The molecule has 27 heavy (non-hydrogen) atoms. The zero-order valence-electron chi connectivity index (χ0n) is 16.7. The van der Waals surface area contributed by atoms with Gasteiger partial charge in [0.15, 0.2) is 5.78 Å². The summed E-state index contributed by atoms with van der Waals surface area (Å²) in [7, 11) is -3.49. The lowest BCUT2D eigenvalue weighted by molar-refractivity contribution is 0.0981. The highest BCUT2D eigenvalue weighted by molar-refractivity contribution is 7.92. The lowest BCUT2D eigenvalue weighted by atomic mass is 9.89. The molecule has 2 rings (SSSR count). The van der Waals surface area contributed by atoms with Crippen LogP contribution in [0.2, 0.25) is 0 Å². The Kier molecular flexibility index (Phi) is 6.46. The molecule has 2 aromatic rings. The van der Waals surface area contributed by atoms with Crippen LogP contribution in [0.1, 0.15) is 69.1 Å². The van der Waals surface area contributed by atoms with E-state index >= 15 is 0 Å². The summed E-state index contributed by atoms with van der Waals surface area (Å²) in [5, 5.41) is 7.10. The molecule has 148 valence electrons. The smallest absolute Gasteiger partial charge is 0.235 e. The van der Waals surface area contributed by atoms with E-state index in [4.69, 9.17) is 0 Å². The number of rotatable bonds is 8. The first-order valence-corrected chi connectivity index (χ1v) is 10.9. The highest BCUT2D eigenvalue weighted by Gasteiger charge is 2.26. The minimum atomic E-state index is -3.49. The van der Waals surface area contributed by atoms with E-state index in [-0.39, 0.29) is 23.5 Å². The van der Waals surface area contributed by atoms with Gasteiger partial charge < -0.3 is 0 Å². The van der Waals surface area contributed by atoms with Crippen molar-refractivity contribution in [3.8, 4) is 0 Å². The topological polar surface area (TPSA) is 83.1 Å². The molecule has 0 aliphatic carbocycles. The highest BCUT2D eigenvalue weighted by atomic mass is 32.2. The van der Waals surface area contributed by atoms with Crippen LogP contribution in [0.4, 0.5) is 5.69 Å². The summed E-state index contributed by atoms with van der Waals surface area (Å²) >= 11 is 0. The Morgan fingerprint density at radius 3 is 2.30 bits per heavy atom. The van der Waals surface area contributed by atoms with Gasteiger partial charge in [-0.05, 0) is 37.6 Å².